The number of hydrogen-bond acceptors (Lipinski definition) is 3. The van der Waals surface area contributed by atoms with Crippen LogP contribution in [0.5, 0.6) is 0 Å². The van der Waals surface area contributed by atoms with Crippen LogP contribution in [-0.4, -0.2) is 10.9 Å². The van der Waals surface area contributed by atoms with Gasteiger partial charge in [0.2, 0.25) is 5.91 Å². The highest BCUT2D eigenvalue weighted by Crippen LogP contribution is 2.16. The normalized spacial score (nSPS) is 10.3. The molecular weight excluding hydrogens is 190 g/mol. The van der Waals surface area contributed by atoms with Gasteiger partial charge in [-0.3, -0.25) is 4.79 Å². The molecule has 4 heteroatoms. The van der Waals surface area contributed by atoms with Crippen LogP contribution in [0, 0.1) is 5.92 Å². The van der Waals surface area contributed by atoms with E-state index in [1.165, 1.54) is 0 Å². The van der Waals surface area contributed by atoms with Crippen molar-refractivity contribution in [3.05, 3.63) is 18.3 Å². The third kappa shape index (κ3) is 2.94. The summed E-state index contributed by atoms with van der Waals surface area (Å²) in [6.07, 6.45) is 3.27. The van der Waals surface area contributed by atoms with E-state index in [2.05, 4.69) is 10.3 Å². The minimum Gasteiger partial charge on any atom is -0.396 e. The maximum absolute atomic E-state index is 11.7. The highest BCUT2D eigenvalue weighted by Gasteiger charge is 2.15. The molecular formula is C11H17N3O. The number of carbonyl (C=O) groups excluding carboxylic acids is 1. The molecule has 0 saturated carbocycles. The predicted octanol–water partition coefficient (Wildman–Crippen LogP) is 2.04. The summed E-state index contributed by atoms with van der Waals surface area (Å²) < 4.78 is 0. The second-order valence-electron chi connectivity index (χ2n) is 3.44. The van der Waals surface area contributed by atoms with E-state index in [0.717, 1.165) is 12.8 Å². The van der Waals surface area contributed by atoms with Crippen molar-refractivity contribution in [2.75, 3.05) is 11.1 Å². The van der Waals surface area contributed by atoms with Gasteiger partial charge in [0.25, 0.3) is 0 Å². The number of aromatic nitrogens is 1. The molecule has 0 unspecified atom stereocenters. The van der Waals surface area contributed by atoms with E-state index in [9.17, 15) is 4.79 Å². The van der Waals surface area contributed by atoms with E-state index in [4.69, 9.17) is 5.73 Å². The van der Waals surface area contributed by atoms with Gasteiger partial charge in [-0.05, 0) is 25.0 Å². The summed E-state index contributed by atoms with van der Waals surface area (Å²) in [5.74, 6) is 0.478. The molecule has 4 nitrogen and oxygen atoms in total. The quantitative estimate of drug-likeness (QED) is 0.793. The minimum atomic E-state index is -0.00889. The molecule has 0 saturated heterocycles. The zero-order valence-corrected chi connectivity index (χ0v) is 9.16. The second kappa shape index (κ2) is 5.34. The van der Waals surface area contributed by atoms with Crippen LogP contribution in [0.1, 0.15) is 26.7 Å². The number of pyridine rings is 1. The van der Waals surface area contributed by atoms with Crippen LogP contribution < -0.4 is 11.1 Å². The fourth-order valence-electron chi connectivity index (χ4n) is 1.40. The summed E-state index contributed by atoms with van der Waals surface area (Å²) in [7, 11) is 0. The van der Waals surface area contributed by atoms with E-state index >= 15 is 0 Å². The molecule has 15 heavy (non-hydrogen) atoms. The fraction of sp³-hybridized carbons (Fsp3) is 0.455. The van der Waals surface area contributed by atoms with Gasteiger partial charge in [-0.15, -0.1) is 0 Å². The zero-order valence-electron chi connectivity index (χ0n) is 9.16. The Hall–Kier alpha value is -1.58. The Morgan fingerprint density at radius 3 is 2.73 bits per heavy atom. The molecule has 1 amide bonds. The summed E-state index contributed by atoms with van der Waals surface area (Å²) in [6.45, 7) is 3.99. The van der Waals surface area contributed by atoms with Gasteiger partial charge in [-0.1, -0.05) is 13.8 Å². The summed E-state index contributed by atoms with van der Waals surface area (Å²) in [5.41, 5.74) is 6.17. The van der Waals surface area contributed by atoms with Crippen molar-refractivity contribution >= 4 is 17.4 Å². The molecule has 0 bridgehead atoms. The molecule has 0 aliphatic heterocycles. The lowest BCUT2D eigenvalue weighted by Crippen LogP contribution is -2.22. The van der Waals surface area contributed by atoms with Crippen LogP contribution >= 0.6 is 0 Å². The second-order valence-corrected chi connectivity index (χ2v) is 3.44. The zero-order chi connectivity index (χ0) is 11.3. The molecule has 1 heterocycles. The standard InChI is InChI=1S/C11H17N3O/c1-3-8(4-2)11(15)14-10-9(12)6-5-7-13-10/h5-8H,3-4,12H2,1-2H3,(H,13,14,15). The van der Waals surface area contributed by atoms with Crippen LogP contribution in [-0.2, 0) is 4.79 Å². The number of hydrogen-bond donors (Lipinski definition) is 2. The predicted molar refractivity (Wildman–Crippen MR) is 61.4 cm³/mol. The number of nitrogen functional groups attached to an aromatic ring is 1. The smallest absolute Gasteiger partial charge is 0.228 e. The van der Waals surface area contributed by atoms with Crippen molar-refractivity contribution in [3.63, 3.8) is 0 Å². The number of nitrogens with zero attached hydrogens (tertiary/aromatic N) is 1. The van der Waals surface area contributed by atoms with Crippen molar-refractivity contribution in [2.24, 2.45) is 5.92 Å². The fourth-order valence-corrected chi connectivity index (χ4v) is 1.40. The first kappa shape index (κ1) is 11.5. The number of anilines is 2. The topological polar surface area (TPSA) is 68.0 Å². The lowest BCUT2D eigenvalue weighted by molar-refractivity contribution is -0.120. The van der Waals surface area contributed by atoms with E-state index in [-0.39, 0.29) is 11.8 Å². The molecule has 0 aromatic carbocycles. The first-order chi connectivity index (χ1) is 7.19. The van der Waals surface area contributed by atoms with E-state index in [0.29, 0.717) is 11.5 Å². The molecule has 0 aliphatic carbocycles. The first-order valence-electron chi connectivity index (χ1n) is 5.20. The molecule has 0 spiro atoms. The molecule has 0 aliphatic rings. The number of nitrogens with two attached hydrogens (primary N) is 1. The molecule has 0 radical (unpaired) electrons. The molecule has 3 N–H and O–H groups in total. The molecule has 0 fully saturated rings. The highest BCUT2D eigenvalue weighted by atomic mass is 16.1. The van der Waals surface area contributed by atoms with Gasteiger partial charge in [0.15, 0.2) is 5.82 Å². The Labute approximate surface area is 89.9 Å². The van der Waals surface area contributed by atoms with Crippen LogP contribution in [0.15, 0.2) is 18.3 Å². The monoisotopic (exact) mass is 207 g/mol. The lowest BCUT2D eigenvalue weighted by Gasteiger charge is -2.12. The van der Waals surface area contributed by atoms with Crippen LogP contribution in [0.25, 0.3) is 0 Å². The van der Waals surface area contributed by atoms with Gasteiger partial charge in [0, 0.05) is 12.1 Å². The Bertz CT molecular complexity index is 334. The summed E-state index contributed by atoms with van der Waals surface area (Å²) in [5, 5.41) is 2.74. The van der Waals surface area contributed by atoms with Gasteiger partial charge in [-0.2, -0.15) is 0 Å². The lowest BCUT2D eigenvalue weighted by atomic mass is 10.0. The van der Waals surface area contributed by atoms with Gasteiger partial charge < -0.3 is 11.1 Å². The molecule has 1 aromatic heterocycles. The Balaban J connectivity index is 2.70. The van der Waals surface area contributed by atoms with Crippen molar-refractivity contribution < 1.29 is 4.79 Å². The van der Waals surface area contributed by atoms with Crippen LogP contribution in [0.3, 0.4) is 0 Å². The Morgan fingerprint density at radius 1 is 1.53 bits per heavy atom. The van der Waals surface area contributed by atoms with Crippen LogP contribution in [0.4, 0.5) is 11.5 Å². The maximum atomic E-state index is 11.7. The number of carbonyl (C=O) groups is 1. The van der Waals surface area contributed by atoms with Crippen LogP contribution in [0.2, 0.25) is 0 Å². The average Bonchev–Trinajstić information content (AvgIpc) is 2.23. The van der Waals surface area contributed by atoms with Crippen molar-refractivity contribution in [1.29, 1.82) is 0 Å². The minimum absolute atomic E-state index is 0.00889. The number of amides is 1. The molecule has 82 valence electrons. The van der Waals surface area contributed by atoms with Crippen molar-refractivity contribution in [3.8, 4) is 0 Å². The largest absolute Gasteiger partial charge is 0.396 e. The third-order valence-corrected chi connectivity index (χ3v) is 2.44. The van der Waals surface area contributed by atoms with Gasteiger partial charge >= 0.3 is 0 Å². The van der Waals surface area contributed by atoms with Crippen molar-refractivity contribution in [1.82, 2.24) is 4.98 Å². The van der Waals surface area contributed by atoms with E-state index in [1.54, 1.807) is 18.3 Å². The average molecular weight is 207 g/mol. The molecule has 1 aromatic rings. The summed E-state index contributed by atoms with van der Waals surface area (Å²) in [4.78, 5) is 15.7. The Kier molecular flexibility index (Phi) is 4.09. The van der Waals surface area contributed by atoms with Gasteiger partial charge in [0.05, 0.1) is 5.69 Å². The van der Waals surface area contributed by atoms with Crippen molar-refractivity contribution in [2.45, 2.75) is 26.7 Å². The summed E-state index contributed by atoms with van der Waals surface area (Å²) in [6, 6.07) is 3.46. The molecule has 1 rings (SSSR count). The van der Waals surface area contributed by atoms with Gasteiger partial charge in [-0.25, -0.2) is 4.98 Å². The van der Waals surface area contributed by atoms with E-state index < -0.39 is 0 Å². The number of nitrogens with one attached hydrogen (secondary N) is 1. The number of rotatable bonds is 4. The highest BCUT2D eigenvalue weighted by molar-refractivity contribution is 5.93. The third-order valence-electron chi connectivity index (χ3n) is 2.44. The SMILES string of the molecule is CCC(CC)C(=O)Nc1ncccc1N. The Morgan fingerprint density at radius 2 is 2.20 bits per heavy atom. The first-order valence-corrected chi connectivity index (χ1v) is 5.20. The maximum Gasteiger partial charge on any atom is 0.228 e. The summed E-state index contributed by atoms with van der Waals surface area (Å²) >= 11 is 0. The molecule has 0 atom stereocenters. The van der Waals surface area contributed by atoms with E-state index in [1.807, 2.05) is 13.8 Å². The van der Waals surface area contributed by atoms with Gasteiger partial charge in [0.1, 0.15) is 0 Å².